The summed E-state index contributed by atoms with van der Waals surface area (Å²) in [6.45, 7) is 5.73. The Bertz CT molecular complexity index is 222. The third kappa shape index (κ3) is 3.46. The van der Waals surface area contributed by atoms with E-state index in [9.17, 15) is 4.79 Å². The molecular weight excluding hydrogens is 202 g/mol. The highest BCUT2D eigenvalue weighted by molar-refractivity contribution is 5.83. The van der Waals surface area contributed by atoms with Gasteiger partial charge in [0.15, 0.2) is 0 Å². The highest BCUT2D eigenvalue weighted by Gasteiger charge is 2.38. The fourth-order valence-corrected chi connectivity index (χ4v) is 2.18. The summed E-state index contributed by atoms with van der Waals surface area (Å²) < 4.78 is 0. The van der Waals surface area contributed by atoms with E-state index < -0.39 is 0 Å². The van der Waals surface area contributed by atoms with E-state index in [-0.39, 0.29) is 11.3 Å². The zero-order chi connectivity index (χ0) is 12.0. The molecule has 0 aliphatic carbocycles. The predicted molar refractivity (Wildman–Crippen MR) is 66.4 cm³/mol. The molecule has 0 aromatic carbocycles. The maximum Gasteiger partial charge on any atom is 0.227 e. The monoisotopic (exact) mass is 227 g/mol. The largest absolute Gasteiger partial charge is 0.356 e. The molecule has 0 bridgehead atoms. The van der Waals surface area contributed by atoms with Crippen LogP contribution in [0.15, 0.2) is 0 Å². The van der Waals surface area contributed by atoms with Crippen molar-refractivity contribution >= 4 is 5.91 Å². The molecule has 1 unspecified atom stereocenters. The van der Waals surface area contributed by atoms with Gasteiger partial charge in [-0.15, -0.1) is 0 Å². The van der Waals surface area contributed by atoms with Gasteiger partial charge in [-0.2, -0.15) is 0 Å². The van der Waals surface area contributed by atoms with Crippen LogP contribution < -0.4 is 10.6 Å². The Balaban J connectivity index is 2.28. The molecule has 4 nitrogen and oxygen atoms in total. The van der Waals surface area contributed by atoms with Crippen molar-refractivity contribution in [3.8, 4) is 0 Å². The maximum absolute atomic E-state index is 12.1. The number of hydrogen-bond acceptors (Lipinski definition) is 3. The second kappa shape index (κ2) is 6.21. The topological polar surface area (TPSA) is 44.4 Å². The number of carbonyl (C=O) groups is 1. The standard InChI is InChI=1S/C12H25N3O/c1-4-12(6-8-13-10-12)11(16)14-7-5-9-15(2)3/h13H,4-10H2,1-3H3,(H,14,16). The number of hydrogen-bond donors (Lipinski definition) is 2. The number of carbonyl (C=O) groups excluding carboxylic acids is 1. The maximum atomic E-state index is 12.1. The summed E-state index contributed by atoms with van der Waals surface area (Å²) in [6, 6.07) is 0. The number of nitrogens with zero attached hydrogens (tertiary/aromatic N) is 1. The van der Waals surface area contributed by atoms with Crippen molar-refractivity contribution in [2.45, 2.75) is 26.2 Å². The zero-order valence-electron chi connectivity index (χ0n) is 10.8. The van der Waals surface area contributed by atoms with Crippen LogP contribution in [0.1, 0.15) is 26.2 Å². The SMILES string of the molecule is CCC1(C(=O)NCCCN(C)C)CCNC1. The lowest BCUT2D eigenvalue weighted by Gasteiger charge is -2.25. The molecule has 4 heteroatoms. The molecule has 2 N–H and O–H groups in total. The Labute approximate surface area is 98.8 Å². The van der Waals surface area contributed by atoms with Gasteiger partial charge in [-0.25, -0.2) is 0 Å². The van der Waals surface area contributed by atoms with Crippen molar-refractivity contribution in [1.82, 2.24) is 15.5 Å². The molecule has 16 heavy (non-hydrogen) atoms. The Kier molecular flexibility index (Phi) is 5.22. The molecular formula is C12H25N3O. The molecule has 0 radical (unpaired) electrons. The van der Waals surface area contributed by atoms with Crippen molar-refractivity contribution in [3.05, 3.63) is 0 Å². The van der Waals surface area contributed by atoms with Gasteiger partial charge in [0.25, 0.3) is 0 Å². The fourth-order valence-electron chi connectivity index (χ4n) is 2.18. The van der Waals surface area contributed by atoms with Crippen LogP contribution in [-0.2, 0) is 4.79 Å². The highest BCUT2D eigenvalue weighted by atomic mass is 16.2. The van der Waals surface area contributed by atoms with Crippen LogP contribution in [0.5, 0.6) is 0 Å². The first-order chi connectivity index (χ1) is 7.60. The smallest absolute Gasteiger partial charge is 0.227 e. The van der Waals surface area contributed by atoms with Gasteiger partial charge in [0.05, 0.1) is 5.41 Å². The van der Waals surface area contributed by atoms with Gasteiger partial charge in [-0.3, -0.25) is 4.79 Å². The van der Waals surface area contributed by atoms with Gasteiger partial charge in [0.2, 0.25) is 5.91 Å². The normalized spacial score (nSPS) is 25.0. The molecule has 1 amide bonds. The third-order valence-electron chi connectivity index (χ3n) is 3.47. The summed E-state index contributed by atoms with van der Waals surface area (Å²) in [5.74, 6) is 0.235. The molecule has 1 atom stereocenters. The molecule has 1 fully saturated rings. The van der Waals surface area contributed by atoms with Crippen molar-refractivity contribution in [2.24, 2.45) is 5.41 Å². The minimum Gasteiger partial charge on any atom is -0.356 e. The molecule has 1 saturated heterocycles. The average Bonchev–Trinajstić information content (AvgIpc) is 2.73. The fraction of sp³-hybridized carbons (Fsp3) is 0.917. The van der Waals surface area contributed by atoms with E-state index in [4.69, 9.17) is 0 Å². The van der Waals surface area contributed by atoms with Crippen molar-refractivity contribution < 1.29 is 4.79 Å². The Morgan fingerprint density at radius 3 is 2.75 bits per heavy atom. The van der Waals surface area contributed by atoms with Gasteiger partial charge in [0, 0.05) is 13.1 Å². The summed E-state index contributed by atoms with van der Waals surface area (Å²) in [4.78, 5) is 14.2. The lowest BCUT2D eigenvalue weighted by atomic mass is 9.83. The summed E-state index contributed by atoms with van der Waals surface area (Å²) in [5.41, 5.74) is -0.141. The minimum absolute atomic E-state index is 0.141. The molecule has 1 heterocycles. The van der Waals surface area contributed by atoms with E-state index in [0.717, 1.165) is 45.4 Å². The Hall–Kier alpha value is -0.610. The molecule has 1 rings (SSSR count). The second-order valence-electron chi connectivity index (χ2n) is 4.97. The molecule has 0 saturated carbocycles. The highest BCUT2D eigenvalue weighted by Crippen LogP contribution is 2.29. The van der Waals surface area contributed by atoms with Crippen LogP contribution >= 0.6 is 0 Å². The van der Waals surface area contributed by atoms with Gasteiger partial charge in [-0.05, 0) is 46.4 Å². The van der Waals surface area contributed by atoms with Crippen molar-refractivity contribution in [3.63, 3.8) is 0 Å². The molecule has 0 spiro atoms. The van der Waals surface area contributed by atoms with Crippen LogP contribution in [0.2, 0.25) is 0 Å². The number of amides is 1. The van der Waals surface area contributed by atoms with Crippen molar-refractivity contribution in [2.75, 3.05) is 40.3 Å². The number of rotatable bonds is 6. The summed E-state index contributed by atoms with van der Waals surface area (Å²) in [5, 5.41) is 6.35. The van der Waals surface area contributed by atoms with Gasteiger partial charge in [0.1, 0.15) is 0 Å². The molecule has 0 aromatic rings. The van der Waals surface area contributed by atoms with Gasteiger partial charge >= 0.3 is 0 Å². The Morgan fingerprint density at radius 1 is 1.50 bits per heavy atom. The quantitative estimate of drug-likeness (QED) is 0.647. The molecule has 94 valence electrons. The van der Waals surface area contributed by atoms with E-state index >= 15 is 0 Å². The van der Waals surface area contributed by atoms with Gasteiger partial charge < -0.3 is 15.5 Å². The van der Waals surface area contributed by atoms with Crippen LogP contribution in [0.4, 0.5) is 0 Å². The van der Waals surface area contributed by atoms with E-state index in [2.05, 4.69) is 36.6 Å². The summed E-state index contributed by atoms with van der Waals surface area (Å²) in [6.07, 6.45) is 2.93. The van der Waals surface area contributed by atoms with Crippen LogP contribution in [-0.4, -0.2) is 51.1 Å². The summed E-state index contributed by atoms with van der Waals surface area (Å²) in [7, 11) is 4.10. The van der Waals surface area contributed by atoms with E-state index in [1.807, 2.05) is 0 Å². The van der Waals surface area contributed by atoms with Gasteiger partial charge in [-0.1, -0.05) is 6.92 Å². The lowest BCUT2D eigenvalue weighted by Crippen LogP contribution is -2.42. The molecule has 1 aliphatic heterocycles. The number of nitrogens with one attached hydrogen (secondary N) is 2. The van der Waals surface area contributed by atoms with Crippen LogP contribution in [0.3, 0.4) is 0 Å². The van der Waals surface area contributed by atoms with E-state index in [0.29, 0.717) is 0 Å². The van der Waals surface area contributed by atoms with Crippen LogP contribution in [0.25, 0.3) is 0 Å². The molecule has 1 aliphatic rings. The van der Waals surface area contributed by atoms with E-state index in [1.54, 1.807) is 0 Å². The predicted octanol–water partition coefficient (Wildman–Crippen LogP) is 0.444. The first-order valence-corrected chi connectivity index (χ1v) is 6.24. The third-order valence-corrected chi connectivity index (χ3v) is 3.47. The average molecular weight is 227 g/mol. The van der Waals surface area contributed by atoms with Crippen LogP contribution in [0, 0.1) is 5.41 Å². The summed E-state index contributed by atoms with van der Waals surface area (Å²) >= 11 is 0. The second-order valence-corrected chi connectivity index (χ2v) is 4.97. The van der Waals surface area contributed by atoms with Crippen molar-refractivity contribution in [1.29, 1.82) is 0 Å². The first kappa shape index (κ1) is 13.5. The lowest BCUT2D eigenvalue weighted by molar-refractivity contribution is -0.130. The molecule has 0 aromatic heterocycles. The minimum atomic E-state index is -0.141. The zero-order valence-corrected chi connectivity index (χ0v) is 10.8. The Morgan fingerprint density at radius 2 is 2.25 bits per heavy atom. The first-order valence-electron chi connectivity index (χ1n) is 6.24. The van der Waals surface area contributed by atoms with E-state index in [1.165, 1.54) is 0 Å².